The number of carbonyl (C=O) groups is 1. The van der Waals surface area contributed by atoms with E-state index in [4.69, 9.17) is 15.2 Å². The van der Waals surface area contributed by atoms with Crippen LogP contribution in [-0.4, -0.2) is 42.0 Å². The minimum absolute atomic E-state index is 0.276. The number of nitrogens with two attached hydrogens (primary N) is 1. The molecule has 1 unspecified atom stereocenters. The van der Waals surface area contributed by atoms with Gasteiger partial charge < -0.3 is 15.2 Å². The molecule has 1 aliphatic rings. The third-order valence-corrected chi connectivity index (χ3v) is 3.24. The summed E-state index contributed by atoms with van der Waals surface area (Å²) in [5, 5.41) is 0. The fourth-order valence-corrected chi connectivity index (χ4v) is 2.35. The molecular weight excluding hydrogens is 268 g/mol. The highest BCUT2D eigenvalue weighted by atomic mass is 16.6. The molecule has 0 bridgehead atoms. The van der Waals surface area contributed by atoms with Crippen molar-refractivity contribution >= 4 is 6.09 Å². The van der Waals surface area contributed by atoms with E-state index in [2.05, 4.69) is 0 Å². The standard InChI is InChI=1S/C16H24N2O3/c1-16(2,3)21-15(19)18-9-10-20-14(18)13(17)11-12-7-5-4-6-8-12/h4-8,13-14H,9-11,17H2,1-3H3/t13-,14?/m0/s1. The molecule has 5 heteroatoms. The molecule has 1 amide bonds. The van der Waals surface area contributed by atoms with Crippen molar-refractivity contribution in [3.63, 3.8) is 0 Å². The Hall–Kier alpha value is -1.59. The third kappa shape index (κ3) is 4.44. The summed E-state index contributed by atoms with van der Waals surface area (Å²) in [4.78, 5) is 13.8. The lowest BCUT2D eigenvalue weighted by molar-refractivity contribution is -0.0180. The Morgan fingerprint density at radius 1 is 1.43 bits per heavy atom. The van der Waals surface area contributed by atoms with E-state index in [9.17, 15) is 4.79 Å². The van der Waals surface area contributed by atoms with Gasteiger partial charge in [0.15, 0.2) is 6.23 Å². The van der Waals surface area contributed by atoms with Crippen LogP contribution in [0.25, 0.3) is 0 Å². The Kier molecular flexibility index (Phi) is 4.85. The van der Waals surface area contributed by atoms with Crippen LogP contribution in [0.3, 0.4) is 0 Å². The summed E-state index contributed by atoms with van der Waals surface area (Å²) >= 11 is 0. The van der Waals surface area contributed by atoms with Gasteiger partial charge in [0.25, 0.3) is 0 Å². The van der Waals surface area contributed by atoms with E-state index in [1.807, 2.05) is 51.1 Å². The molecule has 1 aliphatic heterocycles. The minimum Gasteiger partial charge on any atom is -0.444 e. The second-order valence-electron chi connectivity index (χ2n) is 6.29. The maximum absolute atomic E-state index is 12.2. The van der Waals surface area contributed by atoms with E-state index in [0.29, 0.717) is 19.6 Å². The topological polar surface area (TPSA) is 64.8 Å². The molecule has 0 aromatic heterocycles. The van der Waals surface area contributed by atoms with E-state index in [1.165, 1.54) is 0 Å². The van der Waals surface area contributed by atoms with E-state index in [1.54, 1.807) is 4.90 Å². The van der Waals surface area contributed by atoms with Gasteiger partial charge in [0.2, 0.25) is 0 Å². The van der Waals surface area contributed by atoms with Crippen molar-refractivity contribution in [2.24, 2.45) is 5.73 Å². The number of hydrogen-bond acceptors (Lipinski definition) is 4. The second-order valence-corrected chi connectivity index (χ2v) is 6.29. The first-order chi connectivity index (χ1) is 9.87. The fourth-order valence-electron chi connectivity index (χ4n) is 2.35. The van der Waals surface area contributed by atoms with E-state index in [0.717, 1.165) is 5.56 Å². The van der Waals surface area contributed by atoms with Gasteiger partial charge in [-0.15, -0.1) is 0 Å². The van der Waals surface area contributed by atoms with Crippen molar-refractivity contribution in [1.29, 1.82) is 0 Å². The summed E-state index contributed by atoms with van der Waals surface area (Å²) in [6, 6.07) is 9.68. The summed E-state index contributed by atoms with van der Waals surface area (Å²) in [7, 11) is 0. The molecular formula is C16H24N2O3. The molecule has 1 fully saturated rings. The molecule has 0 spiro atoms. The van der Waals surface area contributed by atoms with Crippen molar-refractivity contribution in [3.8, 4) is 0 Å². The summed E-state index contributed by atoms with van der Waals surface area (Å²) in [5.74, 6) is 0. The van der Waals surface area contributed by atoms with Gasteiger partial charge in [0, 0.05) is 0 Å². The number of carbonyl (C=O) groups excluding carboxylic acids is 1. The first-order valence-corrected chi connectivity index (χ1v) is 7.27. The number of amides is 1. The molecule has 5 nitrogen and oxygen atoms in total. The van der Waals surface area contributed by atoms with Crippen molar-refractivity contribution < 1.29 is 14.3 Å². The lowest BCUT2D eigenvalue weighted by atomic mass is 10.1. The maximum atomic E-state index is 12.2. The summed E-state index contributed by atoms with van der Waals surface area (Å²) in [6.07, 6.45) is -0.140. The average molecular weight is 292 g/mol. The van der Waals surface area contributed by atoms with Crippen LogP contribution in [0, 0.1) is 0 Å². The Labute approximate surface area is 126 Å². The highest BCUT2D eigenvalue weighted by Crippen LogP contribution is 2.19. The largest absolute Gasteiger partial charge is 0.444 e. The van der Waals surface area contributed by atoms with Crippen LogP contribution in [0.15, 0.2) is 30.3 Å². The molecule has 116 valence electrons. The van der Waals surface area contributed by atoms with Crippen molar-refractivity contribution in [2.45, 2.75) is 45.1 Å². The predicted octanol–water partition coefficient (Wildman–Crippen LogP) is 2.15. The number of ether oxygens (including phenoxy) is 2. The molecule has 0 saturated carbocycles. The van der Waals surface area contributed by atoms with E-state index >= 15 is 0 Å². The third-order valence-electron chi connectivity index (χ3n) is 3.24. The Morgan fingerprint density at radius 2 is 2.10 bits per heavy atom. The minimum atomic E-state index is -0.520. The molecule has 1 saturated heterocycles. The van der Waals surface area contributed by atoms with Gasteiger partial charge in [-0.05, 0) is 32.8 Å². The van der Waals surface area contributed by atoms with E-state index < -0.39 is 11.8 Å². The molecule has 2 N–H and O–H groups in total. The van der Waals surface area contributed by atoms with Gasteiger partial charge in [-0.2, -0.15) is 0 Å². The quantitative estimate of drug-likeness (QED) is 0.927. The second kappa shape index (κ2) is 6.45. The van der Waals surface area contributed by atoms with Crippen LogP contribution in [0.4, 0.5) is 4.79 Å². The van der Waals surface area contributed by atoms with Crippen LogP contribution in [0.2, 0.25) is 0 Å². The van der Waals surface area contributed by atoms with Crippen molar-refractivity contribution in [1.82, 2.24) is 4.90 Å². The molecule has 1 aromatic rings. The highest BCUT2D eigenvalue weighted by Gasteiger charge is 2.36. The Balaban J connectivity index is 1.99. The van der Waals surface area contributed by atoms with Crippen molar-refractivity contribution in [3.05, 3.63) is 35.9 Å². The van der Waals surface area contributed by atoms with Crippen LogP contribution in [0.5, 0.6) is 0 Å². The van der Waals surface area contributed by atoms with Crippen molar-refractivity contribution in [2.75, 3.05) is 13.2 Å². The molecule has 1 heterocycles. The van der Waals surface area contributed by atoms with Gasteiger partial charge in [-0.3, -0.25) is 4.90 Å². The molecule has 21 heavy (non-hydrogen) atoms. The molecule has 0 radical (unpaired) electrons. The SMILES string of the molecule is CC(C)(C)OC(=O)N1CCOC1[C@@H](N)Cc1ccccc1. The zero-order valence-electron chi connectivity index (χ0n) is 12.9. The summed E-state index contributed by atoms with van der Waals surface area (Å²) in [5.41, 5.74) is 6.84. The summed E-state index contributed by atoms with van der Waals surface area (Å²) in [6.45, 7) is 6.55. The van der Waals surface area contributed by atoms with Gasteiger partial charge >= 0.3 is 6.09 Å². The lowest BCUT2D eigenvalue weighted by Crippen LogP contribution is -2.49. The fraction of sp³-hybridized carbons (Fsp3) is 0.562. The van der Waals surface area contributed by atoms with Gasteiger partial charge in [0.1, 0.15) is 5.60 Å². The highest BCUT2D eigenvalue weighted by molar-refractivity contribution is 5.68. The number of benzene rings is 1. The molecule has 2 atom stereocenters. The number of hydrogen-bond donors (Lipinski definition) is 1. The molecule has 0 aliphatic carbocycles. The van der Waals surface area contributed by atoms with Gasteiger partial charge in [-0.25, -0.2) is 4.79 Å². The molecule has 2 rings (SSSR count). The molecule has 1 aromatic carbocycles. The monoisotopic (exact) mass is 292 g/mol. The van der Waals surface area contributed by atoms with Crippen LogP contribution < -0.4 is 5.73 Å². The first-order valence-electron chi connectivity index (χ1n) is 7.27. The smallest absolute Gasteiger partial charge is 0.412 e. The average Bonchev–Trinajstić information content (AvgIpc) is 2.87. The zero-order chi connectivity index (χ0) is 15.5. The van der Waals surface area contributed by atoms with E-state index in [-0.39, 0.29) is 12.1 Å². The first kappa shape index (κ1) is 15.8. The Morgan fingerprint density at radius 3 is 2.71 bits per heavy atom. The predicted molar refractivity (Wildman–Crippen MR) is 80.8 cm³/mol. The number of rotatable bonds is 3. The summed E-state index contributed by atoms with van der Waals surface area (Å²) < 4.78 is 11.0. The lowest BCUT2D eigenvalue weighted by Gasteiger charge is -2.30. The Bertz CT molecular complexity index is 470. The van der Waals surface area contributed by atoms with Crippen LogP contribution >= 0.6 is 0 Å². The van der Waals surface area contributed by atoms with Crippen LogP contribution in [-0.2, 0) is 15.9 Å². The maximum Gasteiger partial charge on any atom is 0.412 e. The number of nitrogens with zero attached hydrogens (tertiary/aromatic N) is 1. The normalized spacial score (nSPS) is 20.4. The zero-order valence-corrected chi connectivity index (χ0v) is 12.9. The van der Waals surface area contributed by atoms with Gasteiger partial charge in [-0.1, -0.05) is 30.3 Å². The van der Waals surface area contributed by atoms with Crippen LogP contribution in [0.1, 0.15) is 26.3 Å². The van der Waals surface area contributed by atoms with Gasteiger partial charge in [0.05, 0.1) is 19.2 Å².